The van der Waals surface area contributed by atoms with Crippen molar-refractivity contribution in [3.63, 3.8) is 0 Å². The van der Waals surface area contributed by atoms with Gasteiger partial charge in [-0.15, -0.1) is 0 Å². The number of carbonyl (C=O) groups excluding carboxylic acids is 2. The van der Waals surface area contributed by atoms with Gasteiger partial charge in [0.05, 0.1) is 19.7 Å². The standard InChI is InChI=1S/C24H25N3O3/c1-17(18-6-4-3-5-7-18)26-23(28)16-25-20-10-8-19(9-11-20)24(29)27-21-12-14-22(30-2)15-13-21/h3-15,17,25H,16H2,1-2H3,(H,26,28)(H,27,29)/t17-/m1/s1. The monoisotopic (exact) mass is 403 g/mol. The smallest absolute Gasteiger partial charge is 0.255 e. The Hall–Kier alpha value is -3.80. The topological polar surface area (TPSA) is 79.5 Å². The van der Waals surface area contributed by atoms with E-state index in [0.717, 1.165) is 17.0 Å². The van der Waals surface area contributed by atoms with Crippen LogP contribution in [0.15, 0.2) is 78.9 Å². The number of carbonyl (C=O) groups is 2. The quantitative estimate of drug-likeness (QED) is 0.526. The Bertz CT molecular complexity index is 971. The number of nitrogens with one attached hydrogen (secondary N) is 3. The van der Waals surface area contributed by atoms with Crippen molar-refractivity contribution < 1.29 is 14.3 Å². The molecule has 0 aliphatic heterocycles. The lowest BCUT2D eigenvalue weighted by Gasteiger charge is -2.15. The van der Waals surface area contributed by atoms with Gasteiger partial charge in [0.1, 0.15) is 5.75 Å². The molecule has 3 aromatic rings. The molecule has 0 aliphatic carbocycles. The molecule has 6 heteroatoms. The molecule has 0 unspecified atom stereocenters. The minimum Gasteiger partial charge on any atom is -0.497 e. The van der Waals surface area contributed by atoms with Crippen molar-refractivity contribution in [3.05, 3.63) is 90.0 Å². The Balaban J connectivity index is 1.48. The van der Waals surface area contributed by atoms with Gasteiger partial charge in [-0.25, -0.2) is 0 Å². The average molecular weight is 403 g/mol. The van der Waals surface area contributed by atoms with Gasteiger partial charge in [-0.3, -0.25) is 9.59 Å². The van der Waals surface area contributed by atoms with Crippen LogP contribution < -0.4 is 20.7 Å². The largest absolute Gasteiger partial charge is 0.497 e. The molecule has 2 amide bonds. The van der Waals surface area contributed by atoms with Gasteiger partial charge in [-0.2, -0.15) is 0 Å². The Morgan fingerprint density at radius 3 is 2.13 bits per heavy atom. The fourth-order valence-corrected chi connectivity index (χ4v) is 2.92. The van der Waals surface area contributed by atoms with Gasteiger partial charge in [0.15, 0.2) is 0 Å². The van der Waals surface area contributed by atoms with Gasteiger partial charge in [0.25, 0.3) is 5.91 Å². The first-order valence-electron chi connectivity index (χ1n) is 9.69. The third-order valence-corrected chi connectivity index (χ3v) is 4.63. The first-order chi connectivity index (χ1) is 14.5. The summed E-state index contributed by atoms with van der Waals surface area (Å²) < 4.78 is 5.11. The Labute approximate surface area is 176 Å². The number of hydrogen-bond acceptors (Lipinski definition) is 4. The molecule has 0 radical (unpaired) electrons. The van der Waals surface area contributed by atoms with E-state index in [0.29, 0.717) is 11.3 Å². The number of rotatable bonds is 8. The number of hydrogen-bond donors (Lipinski definition) is 3. The fraction of sp³-hybridized carbons (Fsp3) is 0.167. The predicted molar refractivity (Wildman–Crippen MR) is 119 cm³/mol. The van der Waals surface area contributed by atoms with E-state index in [2.05, 4.69) is 16.0 Å². The second-order valence-electron chi connectivity index (χ2n) is 6.81. The van der Waals surface area contributed by atoms with Crippen LogP contribution in [0.4, 0.5) is 11.4 Å². The van der Waals surface area contributed by atoms with E-state index < -0.39 is 0 Å². The summed E-state index contributed by atoms with van der Waals surface area (Å²) in [6, 6.07) is 23.8. The van der Waals surface area contributed by atoms with Crippen LogP contribution in [0.2, 0.25) is 0 Å². The maximum atomic E-state index is 12.4. The molecule has 3 aromatic carbocycles. The summed E-state index contributed by atoms with van der Waals surface area (Å²) in [5, 5.41) is 8.87. The summed E-state index contributed by atoms with van der Waals surface area (Å²) in [5.74, 6) is 0.416. The van der Waals surface area contributed by atoms with E-state index in [4.69, 9.17) is 4.74 Å². The van der Waals surface area contributed by atoms with Crippen LogP contribution in [-0.2, 0) is 4.79 Å². The minimum atomic E-state index is -0.207. The van der Waals surface area contributed by atoms with Gasteiger partial charge < -0.3 is 20.7 Å². The maximum absolute atomic E-state index is 12.4. The summed E-state index contributed by atoms with van der Waals surface area (Å²) in [6.07, 6.45) is 0. The second-order valence-corrected chi connectivity index (χ2v) is 6.81. The molecule has 0 aromatic heterocycles. The lowest BCUT2D eigenvalue weighted by molar-refractivity contribution is -0.120. The third kappa shape index (κ3) is 5.85. The lowest BCUT2D eigenvalue weighted by atomic mass is 10.1. The van der Waals surface area contributed by atoms with Crippen LogP contribution >= 0.6 is 0 Å². The van der Waals surface area contributed by atoms with Crippen molar-refractivity contribution >= 4 is 23.2 Å². The summed E-state index contributed by atoms with van der Waals surface area (Å²) >= 11 is 0. The zero-order valence-electron chi connectivity index (χ0n) is 17.0. The first kappa shape index (κ1) is 20.9. The van der Waals surface area contributed by atoms with Crippen LogP contribution in [0.5, 0.6) is 5.75 Å². The van der Waals surface area contributed by atoms with Crippen molar-refractivity contribution in [2.45, 2.75) is 13.0 Å². The molecule has 0 saturated carbocycles. The number of ether oxygens (including phenoxy) is 1. The Morgan fingerprint density at radius 1 is 0.867 bits per heavy atom. The molecule has 6 nitrogen and oxygen atoms in total. The lowest BCUT2D eigenvalue weighted by Crippen LogP contribution is -2.32. The summed E-state index contributed by atoms with van der Waals surface area (Å²) in [4.78, 5) is 24.6. The second kappa shape index (κ2) is 10.1. The highest BCUT2D eigenvalue weighted by molar-refractivity contribution is 6.04. The molecule has 1 atom stereocenters. The van der Waals surface area contributed by atoms with Crippen molar-refractivity contribution in [1.82, 2.24) is 5.32 Å². The van der Waals surface area contributed by atoms with Crippen molar-refractivity contribution in [3.8, 4) is 5.75 Å². The summed E-state index contributed by atoms with van der Waals surface area (Å²) in [6.45, 7) is 2.10. The predicted octanol–water partition coefficient (Wildman–Crippen LogP) is 4.24. The Kier molecular flexibility index (Phi) is 7.05. The zero-order chi connectivity index (χ0) is 21.3. The van der Waals surface area contributed by atoms with Gasteiger partial charge in [0.2, 0.25) is 5.91 Å². The van der Waals surface area contributed by atoms with E-state index in [1.807, 2.05) is 37.3 Å². The van der Waals surface area contributed by atoms with Gasteiger partial charge in [-0.1, -0.05) is 30.3 Å². The normalized spacial score (nSPS) is 11.3. The molecule has 0 bridgehead atoms. The first-order valence-corrected chi connectivity index (χ1v) is 9.69. The molecule has 0 heterocycles. The fourth-order valence-electron chi connectivity index (χ4n) is 2.92. The molecule has 0 saturated heterocycles. The Morgan fingerprint density at radius 2 is 1.50 bits per heavy atom. The highest BCUT2D eigenvalue weighted by Gasteiger charge is 2.10. The van der Waals surface area contributed by atoms with Crippen LogP contribution in [0.3, 0.4) is 0 Å². The van der Waals surface area contributed by atoms with E-state index >= 15 is 0 Å². The van der Waals surface area contributed by atoms with Crippen LogP contribution in [0.1, 0.15) is 28.9 Å². The molecular weight excluding hydrogens is 378 g/mol. The summed E-state index contributed by atoms with van der Waals surface area (Å²) in [5.41, 5.74) is 3.03. The van der Waals surface area contributed by atoms with E-state index in [1.54, 1.807) is 55.6 Å². The van der Waals surface area contributed by atoms with Crippen LogP contribution in [0, 0.1) is 0 Å². The molecule has 3 N–H and O–H groups in total. The van der Waals surface area contributed by atoms with Gasteiger partial charge >= 0.3 is 0 Å². The molecular formula is C24H25N3O3. The van der Waals surface area contributed by atoms with E-state index in [1.165, 1.54) is 0 Å². The molecule has 154 valence electrons. The van der Waals surface area contributed by atoms with Crippen molar-refractivity contribution in [2.24, 2.45) is 0 Å². The highest BCUT2D eigenvalue weighted by Crippen LogP contribution is 2.17. The molecule has 0 aliphatic rings. The number of methoxy groups -OCH3 is 1. The van der Waals surface area contributed by atoms with Crippen LogP contribution in [-0.4, -0.2) is 25.5 Å². The van der Waals surface area contributed by atoms with Crippen molar-refractivity contribution in [2.75, 3.05) is 24.3 Å². The third-order valence-electron chi connectivity index (χ3n) is 4.63. The van der Waals surface area contributed by atoms with Gasteiger partial charge in [0, 0.05) is 16.9 Å². The van der Waals surface area contributed by atoms with Crippen molar-refractivity contribution in [1.29, 1.82) is 0 Å². The van der Waals surface area contributed by atoms with Gasteiger partial charge in [-0.05, 0) is 61.0 Å². The number of anilines is 2. The number of amides is 2. The SMILES string of the molecule is COc1ccc(NC(=O)c2ccc(NCC(=O)N[C@H](C)c3ccccc3)cc2)cc1. The zero-order valence-corrected chi connectivity index (χ0v) is 17.0. The molecule has 0 spiro atoms. The minimum absolute atomic E-state index is 0.0653. The van der Waals surface area contributed by atoms with Crippen LogP contribution in [0.25, 0.3) is 0 Å². The molecule has 0 fully saturated rings. The van der Waals surface area contributed by atoms with E-state index in [-0.39, 0.29) is 24.4 Å². The van der Waals surface area contributed by atoms with E-state index in [9.17, 15) is 9.59 Å². The average Bonchev–Trinajstić information content (AvgIpc) is 2.79. The molecule has 3 rings (SSSR count). The number of benzene rings is 3. The maximum Gasteiger partial charge on any atom is 0.255 e. The highest BCUT2D eigenvalue weighted by atomic mass is 16.5. The summed E-state index contributed by atoms with van der Waals surface area (Å²) in [7, 11) is 1.59. The molecule has 30 heavy (non-hydrogen) atoms.